The Kier molecular flexibility index (Phi) is 7.54. The summed E-state index contributed by atoms with van der Waals surface area (Å²) >= 11 is 0. The first kappa shape index (κ1) is 33.3. The van der Waals surface area contributed by atoms with Gasteiger partial charge in [0.15, 0.2) is 11.5 Å². The van der Waals surface area contributed by atoms with Crippen LogP contribution in [0, 0.1) is 0 Å². The molecule has 0 N–H and O–H groups in total. The smallest absolute Gasteiger partial charge is 0.152 e. The fourth-order valence-electron chi connectivity index (χ4n) is 9.09. The van der Waals surface area contributed by atoms with Crippen LogP contribution in [0.4, 0.5) is 17.1 Å². The summed E-state index contributed by atoms with van der Waals surface area (Å²) in [6.45, 7) is 0. The molecule has 59 heavy (non-hydrogen) atoms. The van der Waals surface area contributed by atoms with Crippen molar-refractivity contribution in [1.82, 2.24) is 4.57 Å². The van der Waals surface area contributed by atoms with E-state index in [2.05, 4.69) is 216 Å². The first-order valence-corrected chi connectivity index (χ1v) is 20.2. The molecule has 0 saturated carbocycles. The molecule has 12 rings (SSSR count). The third-order valence-corrected chi connectivity index (χ3v) is 12.0. The zero-order valence-corrected chi connectivity index (χ0v) is 32.1. The van der Waals surface area contributed by atoms with Gasteiger partial charge in [-0.15, -0.1) is 0 Å². The number of hydrogen-bond acceptors (Lipinski definition) is 2. The zero-order chi connectivity index (χ0) is 38.9. The lowest BCUT2D eigenvalue weighted by Crippen LogP contribution is -2.09. The highest BCUT2D eigenvalue weighted by Crippen LogP contribution is 2.46. The minimum atomic E-state index is 0.876. The van der Waals surface area contributed by atoms with Crippen LogP contribution in [-0.4, -0.2) is 4.57 Å². The molecule has 10 aromatic carbocycles. The maximum Gasteiger partial charge on any atom is 0.152 e. The zero-order valence-electron chi connectivity index (χ0n) is 32.1. The molecule has 0 atom stereocenters. The van der Waals surface area contributed by atoms with Crippen molar-refractivity contribution in [2.75, 3.05) is 4.90 Å². The van der Waals surface area contributed by atoms with E-state index < -0.39 is 0 Å². The molecule has 3 heteroatoms. The third kappa shape index (κ3) is 5.51. The molecule has 0 bridgehead atoms. The fraction of sp³-hybridized carbons (Fsp3) is 0. The van der Waals surface area contributed by atoms with Crippen LogP contribution in [0.2, 0.25) is 0 Å². The molecule has 0 aliphatic carbocycles. The van der Waals surface area contributed by atoms with Gasteiger partial charge in [-0.25, -0.2) is 0 Å². The van der Waals surface area contributed by atoms with E-state index in [1.54, 1.807) is 0 Å². The summed E-state index contributed by atoms with van der Waals surface area (Å²) in [5, 5.41) is 7.40. The van der Waals surface area contributed by atoms with Crippen LogP contribution in [-0.2, 0) is 0 Å². The first-order valence-electron chi connectivity index (χ1n) is 20.2. The quantitative estimate of drug-likeness (QED) is 0.168. The molecule has 276 valence electrons. The minimum Gasteiger partial charge on any atom is -0.453 e. The molecule has 0 radical (unpaired) electrons. The van der Waals surface area contributed by atoms with E-state index >= 15 is 0 Å². The van der Waals surface area contributed by atoms with E-state index in [0.717, 1.165) is 45.3 Å². The second kappa shape index (κ2) is 13.4. The van der Waals surface area contributed by atoms with E-state index in [0.29, 0.717) is 0 Å². The van der Waals surface area contributed by atoms with Gasteiger partial charge in [-0.3, -0.25) is 0 Å². The Hall–Kier alpha value is -7.88. The largest absolute Gasteiger partial charge is 0.453 e. The van der Waals surface area contributed by atoms with Gasteiger partial charge in [0, 0.05) is 27.8 Å². The monoisotopic (exact) mass is 752 g/mol. The molecule has 2 heterocycles. The van der Waals surface area contributed by atoms with Crippen molar-refractivity contribution in [3.8, 4) is 50.6 Å². The molecular weight excluding hydrogens is 717 g/mol. The maximum atomic E-state index is 6.37. The van der Waals surface area contributed by atoms with E-state index in [1.807, 2.05) is 12.1 Å². The maximum absolute atomic E-state index is 6.37. The molecule has 1 aliphatic heterocycles. The van der Waals surface area contributed by atoms with Crippen molar-refractivity contribution in [3.63, 3.8) is 0 Å². The van der Waals surface area contributed by atoms with Gasteiger partial charge in [-0.2, -0.15) is 0 Å². The molecule has 0 saturated heterocycles. The van der Waals surface area contributed by atoms with Crippen molar-refractivity contribution in [2.45, 2.75) is 0 Å². The SMILES string of the molecule is c1ccc2c(c1)Oc1cccc3c4cc(-c5ccc(N(c6ccc(-c7ccc8ccccc8c7)cc6)c6ccc(-c7cccc8ccccc78)cc6)cc5)ccc4n-2c13. The number of aromatic nitrogens is 1. The highest BCUT2D eigenvalue weighted by molar-refractivity contribution is 6.13. The number of hydrogen-bond donors (Lipinski definition) is 0. The Morgan fingerprint density at radius 2 is 0.881 bits per heavy atom. The Morgan fingerprint density at radius 3 is 1.64 bits per heavy atom. The number of rotatable bonds is 6. The van der Waals surface area contributed by atoms with Gasteiger partial charge < -0.3 is 14.2 Å². The Labute approximate surface area is 342 Å². The minimum absolute atomic E-state index is 0.876. The summed E-state index contributed by atoms with van der Waals surface area (Å²) in [6.07, 6.45) is 0. The summed E-state index contributed by atoms with van der Waals surface area (Å²) in [5.74, 6) is 1.76. The van der Waals surface area contributed by atoms with Gasteiger partial charge in [-0.1, -0.05) is 146 Å². The predicted molar refractivity (Wildman–Crippen MR) is 247 cm³/mol. The van der Waals surface area contributed by atoms with Crippen molar-refractivity contribution >= 4 is 60.4 Å². The average molecular weight is 753 g/mol. The second-order valence-corrected chi connectivity index (χ2v) is 15.4. The third-order valence-electron chi connectivity index (χ3n) is 12.0. The van der Waals surface area contributed by atoms with Crippen LogP contribution in [0.15, 0.2) is 218 Å². The Bertz CT molecular complexity index is 3390. The summed E-state index contributed by atoms with van der Waals surface area (Å²) in [7, 11) is 0. The lowest BCUT2D eigenvalue weighted by Gasteiger charge is -2.26. The van der Waals surface area contributed by atoms with Gasteiger partial charge in [0.05, 0.1) is 16.7 Å². The van der Waals surface area contributed by atoms with E-state index in [-0.39, 0.29) is 0 Å². The van der Waals surface area contributed by atoms with Crippen molar-refractivity contribution in [1.29, 1.82) is 0 Å². The molecule has 1 aromatic heterocycles. The van der Waals surface area contributed by atoms with Crippen LogP contribution in [0.1, 0.15) is 0 Å². The molecule has 1 aliphatic rings. The number of benzene rings is 10. The van der Waals surface area contributed by atoms with Gasteiger partial charge in [0.2, 0.25) is 0 Å². The van der Waals surface area contributed by atoms with Gasteiger partial charge in [0.1, 0.15) is 0 Å². The van der Waals surface area contributed by atoms with E-state index in [1.165, 1.54) is 65.7 Å². The first-order chi connectivity index (χ1) is 29.2. The summed E-state index contributed by atoms with van der Waals surface area (Å²) < 4.78 is 8.71. The van der Waals surface area contributed by atoms with Gasteiger partial charge >= 0.3 is 0 Å². The summed E-state index contributed by atoms with van der Waals surface area (Å²) in [4.78, 5) is 2.35. The average Bonchev–Trinajstić information content (AvgIpc) is 3.64. The van der Waals surface area contributed by atoms with Crippen LogP contribution in [0.3, 0.4) is 0 Å². The van der Waals surface area contributed by atoms with Crippen molar-refractivity contribution < 1.29 is 4.74 Å². The number of para-hydroxylation sites is 3. The topological polar surface area (TPSA) is 17.4 Å². The number of nitrogens with zero attached hydrogens (tertiary/aromatic N) is 2. The van der Waals surface area contributed by atoms with Crippen molar-refractivity contribution in [2.24, 2.45) is 0 Å². The Morgan fingerprint density at radius 1 is 0.339 bits per heavy atom. The molecule has 0 fully saturated rings. The van der Waals surface area contributed by atoms with Crippen molar-refractivity contribution in [3.05, 3.63) is 218 Å². The van der Waals surface area contributed by atoms with Crippen LogP contribution in [0.25, 0.3) is 82.4 Å². The summed E-state index contributed by atoms with van der Waals surface area (Å²) in [6, 6.07) is 78.8. The molecule has 3 nitrogen and oxygen atoms in total. The Balaban J connectivity index is 0.934. The van der Waals surface area contributed by atoms with Gasteiger partial charge in [0.25, 0.3) is 0 Å². The number of anilines is 3. The lowest BCUT2D eigenvalue weighted by molar-refractivity contribution is 0.476. The van der Waals surface area contributed by atoms with Gasteiger partial charge in [-0.05, 0) is 128 Å². The molecular formula is C56H36N2O. The highest BCUT2D eigenvalue weighted by atomic mass is 16.5. The lowest BCUT2D eigenvalue weighted by atomic mass is 9.98. The standard InChI is InChI=1S/C56H36N2O/c1-2-11-42-35-43(20-19-37(42)9-1)38-21-28-45(29-22-38)57(47-32-25-41(26-33-47)49-14-7-12-40-10-3-4-13-48(40)49)46-30-23-39(24-31-46)44-27-34-52-51(36-44)50-15-8-18-55-56(50)58(52)53-16-5-6-17-54(53)59-55/h1-36H. The van der Waals surface area contributed by atoms with E-state index in [4.69, 9.17) is 4.74 Å². The van der Waals surface area contributed by atoms with Crippen LogP contribution < -0.4 is 9.64 Å². The molecule has 0 unspecified atom stereocenters. The normalized spacial score (nSPS) is 11.9. The highest BCUT2D eigenvalue weighted by Gasteiger charge is 2.23. The molecule has 11 aromatic rings. The van der Waals surface area contributed by atoms with E-state index in [9.17, 15) is 0 Å². The fourth-order valence-corrected chi connectivity index (χ4v) is 9.09. The van der Waals surface area contributed by atoms with Crippen LogP contribution >= 0.6 is 0 Å². The second-order valence-electron chi connectivity index (χ2n) is 15.4. The molecule has 0 spiro atoms. The number of fused-ring (bicyclic) bond motifs is 7. The summed E-state index contributed by atoms with van der Waals surface area (Å²) in [5.41, 5.74) is 13.8. The molecule has 0 amide bonds. The predicted octanol–water partition coefficient (Wildman–Crippen LogP) is 15.7. The van der Waals surface area contributed by atoms with Crippen LogP contribution in [0.5, 0.6) is 11.5 Å². The number of ether oxygens (including phenoxy) is 1.